The number of carbonyl (C=O) groups is 1. The molecule has 2 aromatic heterocycles. The van der Waals surface area contributed by atoms with Gasteiger partial charge in [-0.05, 0) is 94.9 Å². The highest BCUT2D eigenvalue weighted by Gasteiger charge is 2.55. The van der Waals surface area contributed by atoms with E-state index in [1.54, 1.807) is 19.9 Å². The number of rotatable bonds is 5. The van der Waals surface area contributed by atoms with E-state index in [2.05, 4.69) is 27.0 Å². The molecule has 7 rings (SSSR count). The first-order chi connectivity index (χ1) is 17.6. The third-order valence-corrected chi connectivity index (χ3v) is 9.17. The summed E-state index contributed by atoms with van der Waals surface area (Å²) in [4.78, 5) is 27.1. The molecule has 5 aliphatic rings. The summed E-state index contributed by atoms with van der Waals surface area (Å²) in [5.74, 6) is 2.10. The standard InChI is InChI=1S/C29H39N5O3/c1-18-17-33(22-7-8-24(30-16-22)28(2,3)36)9-10-34(18)25-6-4-5-23(31-25)27(35)32-26-20-11-19-12-21(26)15-29(37,13-19)14-20/h4-8,16,18-21,26,36-37H,9-15,17H2,1-3H3,(H,32,35)/t18-,19?,20?,21?,26?,29?/m1/s1. The van der Waals surface area contributed by atoms with Gasteiger partial charge in [0.15, 0.2) is 0 Å². The van der Waals surface area contributed by atoms with Crippen molar-refractivity contribution in [3.05, 3.63) is 47.9 Å². The maximum Gasteiger partial charge on any atom is 0.270 e. The lowest BCUT2D eigenvalue weighted by molar-refractivity contribution is -0.136. The van der Waals surface area contributed by atoms with Crippen LogP contribution >= 0.6 is 0 Å². The Bertz CT molecular complexity index is 1150. The van der Waals surface area contributed by atoms with Crippen molar-refractivity contribution < 1.29 is 15.0 Å². The van der Waals surface area contributed by atoms with Crippen molar-refractivity contribution in [2.75, 3.05) is 29.4 Å². The molecular formula is C29H39N5O3. The van der Waals surface area contributed by atoms with Crippen LogP contribution in [0.1, 0.15) is 69.1 Å². The van der Waals surface area contributed by atoms with Gasteiger partial charge >= 0.3 is 0 Å². The van der Waals surface area contributed by atoms with Crippen molar-refractivity contribution in [2.24, 2.45) is 17.8 Å². The number of nitrogens with zero attached hydrogens (tertiary/aromatic N) is 4. The molecule has 2 unspecified atom stereocenters. The maximum atomic E-state index is 13.3. The summed E-state index contributed by atoms with van der Waals surface area (Å²) in [5.41, 5.74) is 0.713. The first kappa shape index (κ1) is 24.6. The number of nitrogens with one attached hydrogen (secondary N) is 1. The lowest BCUT2D eigenvalue weighted by atomic mass is 9.52. The Hall–Kier alpha value is -2.71. The maximum absolute atomic E-state index is 13.3. The van der Waals surface area contributed by atoms with Crippen LogP contribution in [0.4, 0.5) is 11.5 Å². The molecule has 3 N–H and O–H groups in total. The van der Waals surface area contributed by atoms with Crippen LogP contribution in [0.2, 0.25) is 0 Å². The van der Waals surface area contributed by atoms with Gasteiger partial charge in [-0.1, -0.05) is 6.07 Å². The Morgan fingerprint density at radius 3 is 2.49 bits per heavy atom. The summed E-state index contributed by atoms with van der Waals surface area (Å²) in [6, 6.07) is 9.98. The fourth-order valence-electron chi connectivity index (χ4n) is 7.62. The van der Waals surface area contributed by atoms with Gasteiger partial charge in [-0.15, -0.1) is 0 Å². The lowest BCUT2D eigenvalue weighted by Gasteiger charge is -2.58. The van der Waals surface area contributed by atoms with Crippen molar-refractivity contribution in [3.8, 4) is 0 Å². The number of carbonyl (C=O) groups excluding carboxylic acids is 1. The van der Waals surface area contributed by atoms with Crippen molar-refractivity contribution >= 4 is 17.4 Å². The van der Waals surface area contributed by atoms with Crippen molar-refractivity contribution in [1.29, 1.82) is 0 Å². The Kier molecular flexibility index (Phi) is 5.95. The zero-order chi connectivity index (χ0) is 25.9. The predicted octanol–water partition coefficient (Wildman–Crippen LogP) is 3.09. The van der Waals surface area contributed by atoms with E-state index >= 15 is 0 Å². The second-order valence-corrected chi connectivity index (χ2v) is 12.5. The van der Waals surface area contributed by atoms with Crippen LogP contribution < -0.4 is 15.1 Å². The number of hydrogen-bond acceptors (Lipinski definition) is 7. The molecule has 0 spiro atoms. The van der Waals surface area contributed by atoms with E-state index in [0.717, 1.165) is 63.2 Å². The van der Waals surface area contributed by atoms with Crippen LogP contribution in [-0.4, -0.2) is 63.4 Å². The van der Waals surface area contributed by atoms with E-state index < -0.39 is 11.2 Å². The molecule has 4 saturated carbocycles. The highest BCUT2D eigenvalue weighted by Crippen LogP contribution is 2.55. The van der Waals surface area contributed by atoms with E-state index in [0.29, 0.717) is 29.1 Å². The van der Waals surface area contributed by atoms with E-state index in [-0.39, 0.29) is 18.0 Å². The fraction of sp³-hybridized carbons (Fsp3) is 0.621. The molecule has 0 aromatic carbocycles. The SMILES string of the molecule is C[C@@H]1CN(c2ccc(C(C)(C)O)nc2)CCN1c1cccc(C(=O)NC2C3CC4CC2CC(O)(C4)C3)n1. The molecule has 0 radical (unpaired) electrons. The number of piperazine rings is 1. The average Bonchev–Trinajstić information content (AvgIpc) is 2.85. The molecule has 4 aliphatic carbocycles. The van der Waals surface area contributed by atoms with E-state index in [1.807, 2.05) is 30.5 Å². The molecule has 1 amide bonds. The summed E-state index contributed by atoms with van der Waals surface area (Å²) in [5, 5.41) is 24.4. The molecule has 8 nitrogen and oxygen atoms in total. The van der Waals surface area contributed by atoms with Gasteiger partial charge in [0.2, 0.25) is 0 Å². The normalized spacial score (nSPS) is 33.1. The molecule has 8 heteroatoms. The van der Waals surface area contributed by atoms with Crippen molar-refractivity contribution in [3.63, 3.8) is 0 Å². The molecular weight excluding hydrogens is 466 g/mol. The van der Waals surface area contributed by atoms with Crippen LogP contribution in [0.5, 0.6) is 0 Å². The third kappa shape index (κ3) is 4.70. The topological polar surface area (TPSA) is 102 Å². The summed E-state index contributed by atoms with van der Waals surface area (Å²) < 4.78 is 0. The van der Waals surface area contributed by atoms with Gasteiger partial charge < -0.3 is 25.3 Å². The molecule has 1 aliphatic heterocycles. The predicted molar refractivity (Wildman–Crippen MR) is 142 cm³/mol. The highest BCUT2D eigenvalue weighted by atomic mass is 16.3. The number of anilines is 2. The summed E-state index contributed by atoms with van der Waals surface area (Å²) in [6.45, 7) is 8.09. The molecule has 3 atom stereocenters. The first-order valence-electron chi connectivity index (χ1n) is 13.8. The smallest absolute Gasteiger partial charge is 0.270 e. The number of aromatic nitrogens is 2. The second-order valence-electron chi connectivity index (χ2n) is 12.5. The van der Waals surface area contributed by atoms with Gasteiger partial charge in [-0.25, -0.2) is 4.98 Å². The number of amides is 1. The fourth-order valence-corrected chi connectivity index (χ4v) is 7.62. The van der Waals surface area contributed by atoms with E-state index in [9.17, 15) is 15.0 Å². The van der Waals surface area contributed by atoms with Gasteiger partial charge in [0, 0.05) is 31.7 Å². The summed E-state index contributed by atoms with van der Waals surface area (Å²) in [6.07, 6.45) is 6.65. The number of hydrogen-bond donors (Lipinski definition) is 3. The zero-order valence-corrected chi connectivity index (χ0v) is 22.1. The molecule has 2 aromatic rings. The van der Waals surface area contributed by atoms with Crippen molar-refractivity contribution in [2.45, 2.75) is 76.2 Å². The third-order valence-electron chi connectivity index (χ3n) is 9.17. The lowest BCUT2D eigenvalue weighted by Crippen LogP contribution is -2.61. The molecule has 37 heavy (non-hydrogen) atoms. The zero-order valence-electron chi connectivity index (χ0n) is 22.1. The highest BCUT2D eigenvalue weighted by molar-refractivity contribution is 5.93. The first-order valence-corrected chi connectivity index (χ1v) is 13.8. The van der Waals surface area contributed by atoms with Crippen LogP contribution in [-0.2, 0) is 5.60 Å². The van der Waals surface area contributed by atoms with E-state index in [1.165, 1.54) is 0 Å². The average molecular weight is 506 g/mol. The van der Waals surface area contributed by atoms with E-state index in [4.69, 9.17) is 4.98 Å². The quantitative estimate of drug-likeness (QED) is 0.574. The number of aliphatic hydroxyl groups is 2. The van der Waals surface area contributed by atoms with Crippen LogP contribution in [0, 0.1) is 17.8 Å². The molecule has 1 saturated heterocycles. The van der Waals surface area contributed by atoms with Gasteiger partial charge in [-0.3, -0.25) is 9.78 Å². The Morgan fingerprint density at radius 2 is 1.86 bits per heavy atom. The Labute approximate surface area is 219 Å². The van der Waals surface area contributed by atoms with Gasteiger partial charge in [-0.2, -0.15) is 0 Å². The van der Waals surface area contributed by atoms with Crippen LogP contribution in [0.25, 0.3) is 0 Å². The van der Waals surface area contributed by atoms with Gasteiger partial charge in [0.25, 0.3) is 5.91 Å². The molecule has 4 bridgehead atoms. The van der Waals surface area contributed by atoms with Gasteiger partial charge in [0.05, 0.1) is 23.2 Å². The van der Waals surface area contributed by atoms with Gasteiger partial charge in [0.1, 0.15) is 17.1 Å². The molecule has 3 heterocycles. The molecule has 5 fully saturated rings. The summed E-state index contributed by atoms with van der Waals surface area (Å²) in [7, 11) is 0. The molecule has 198 valence electrons. The Morgan fingerprint density at radius 1 is 1.11 bits per heavy atom. The Balaban J connectivity index is 1.11. The van der Waals surface area contributed by atoms with Crippen LogP contribution in [0.15, 0.2) is 36.5 Å². The largest absolute Gasteiger partial charge is 0.390 e. The minimum atomic E-state index is -0.954. The monoisotopic (exact) mass is 505 g/mol. The minimum Gasteiger partial charge on any atom is -0.390 e. The second kappa shape index (κ2) is 8.95. The number of pyridine rings is 2. The summed E-state index contributed by atoms with van der Waals surface area (Å²) >= 11 is 0. The van der Waals surface area contributed by atoms with Crippen molar-refractivity contribution in [1.82, 2.24) is 15.3 Å². The van der Waals surface area contributed by atoms with Crippen LogP contribution in [0.3, 0.4) is 0 Å². The minimum absolute atomic E-state index is 0.101.